The molecule has 0 aromatic heterocycles. The summed E-state index contributed by atoms with van der Waals surface area (Å²) in [5.74, 6) is 5.61. The van der Waals surface area contributed by atoms with Gasteiger partial charge < -0.3 is 4.74 Å². The molecule has 1 aliphatic carbocycles. The predicted molar refractivity (Wildman–Crippen MR) is 69.7 cm³/mol. The number of amides is 1. The Morgan fingerprint density at radius 2 is 2.11 bits per heavy atom. The van der Waals surface area contributed by atoms with Crippen LogP contribution in [0.15, 0.2) is 0 Å². The molecule has 1 saturated heterocycles. The van der Waals surface area contributed by atoms with Gasteiger partial charge in [0.1, 0.15) is 6.10 Å². The van der Waals surface area contributed by atoms with Crippen molar-refractivity contribution in [1.82, 2.24) is 10.3 Å². The molecule has 2 unspecified atom stereocenters. The van der Waals surface area contributed by atoms with E-state index in [-0.39, 0.29) is 18.1 Å². The van der Waals surface area contributed by atoms with E-state index < -0.39 is 0 Å². The molecular formula is C13H25N3O2. The Kier molecular flexibility index (Phi) is 4.59. The van der Waals surface area contributed by atoms with Crippen molar-refractivity contribution >= 4 is 5.91 Å². The first-order chi connectivity index (χ1) is 8.60. The van der Waals surface area contributed by atoms with Crippen LogP contribution in [-0.4, -0.2) is 42.1 Å². The van der Waals surface area contributed by atoms with E-state index in [1.807, 2.05) is 0 Å². The molecule has 0 bridgehead atoms. The predicted octanol–water partition coefficient (Wildman–Crippen LogP) is 0.644. The molecule has 1 amide bonds. The third-order valence-corrected chi connectivity index (χ3v) is 3.64. The molecule has 1 saturated carbocycles. The Balaban J connectivity index is 1.80. The number of ether oxygens (including phenoxy) is 1. The Morgan fingerprint density at radius 1 is 1.39 bits per heavy atom. The van der Waals surface area contributed by atoms with E-state index in [4.69, 9.17) is 10.6 Å². The zero-order valence-corrected chi connectivity index (χ0v) is 11.4. The van der Waals surface area contributed by atoms with E-state index in [0.29, 0.717) is 5.92 Å². The van der Waals surface area contributed by atoms with Crippen molar-refractivity contribution in [3.8, 4) is 0 Å². The van der Waals surface area contributed by atoms with Crippen molar-refractivity contribution < 1.29 is 9.53 Å². The van der Waals surface area contributed by atoms with Crippen molar-refractivity contribution in [3.63, 3.8) is 0 Å². The number of nitrogens with one attached hydrogen (secondary N) is 1. The highest BCUT2D eigenvalue weighted by atomic mass is 16.5. The van der Waals surface area contributed by atoms with Gasteiger partial charge in [0, 0.05) is 19.1 Å². The Hall–Kier alpha value is -0.650. The normalized spacial score (nSPS) is 28.1. The summed E-state index contributed by atoms with van der Waals surface area (Å²) in [4.78, 5) is 13.9. The number of carbonyl (C=O) groups is 1. The SMILES string of the molecule is CC(C)CN(CC1CCC(C(=O)NN)O1)C1CC1. The molecule has 2 atom stereocenters. The second-order valence-electron chi connectivity index (χ2n) is 5.91. The van der Waals surface area contributed by atoms with Crippen molar-refractivity contribution in [2.24, 2.45) is 11.8 Å². The molecule has 0 radical (unpaired) electrons. The topological polar surface area (TPSA) is 67.6 Å². The number of hydrogen-bond donors (Lipinski definition) is 2. The summed E-state index contributed by atoms with van der Waals surface area (Å²) >= 11 is 0. The van der Waals surface area contributed by atoms with Crippen LogP contribution in [-0.2, 0) is 9.53 Å². The van der Waals surface area contributed by atoms with Gasteiger partial charge in [-0.3, -0.25) is 15.1 Å². The maximum Gasteiger partial charge on any atom is 0.263 e. The highest BCUT2D eigenvalue weighted by Crippen LogP contribution is 2.30. The van der Waals surface area contributed by atoms with Gasteiger partial charge in [-0.2, -0.15) is 0 Å². The van der Waals surface area contributed by atoms with Crippen LogP contribution in [0.3, 0.4) is 0 Å². The molecule has 1 aliphatic heterocycles. The highest BCUT2D eigenvalue weighted by Gasteiger charge is 2.35. The summed E-state index contributed by atoms with van der Waals surface area (Å²) < 4.78 is 5.77. The molecule has 0 aromatic rings. The molecule has 1 heterocycles. The smallest absolute Gasteiger partial charge is 0.263 e. The van der Waals surface area contributed by atoms with Gasteiger partial charge in [0.2, 0.25) is 0 Å². The minimum absolute atomic E-state index is 0.187. The quantitative estimate of drug-likeness (QED) is 0.415. The van der Waals surface area contributed by atoms with Gasteiger partial charge in [0.25, 0.3) is 5.91 Å². The number of carbonyl (C=O) groups excluding carboxylic acids is 1. The lowest BCUT2D eigenvalue weighted by atomic mass is 10.1. The molecule has 0 spiro atoms. The van der Waals surface area contributed by atoms with Gasteiger partial charge in [-0.15, -0.1) is 0 Å². The molecule has 18 heavy (non-hydrogen) atoms. The van der Waals surface area contributed by atoms with E-state index in [1.165, 1.54) is 12.8 Å². The largest absolute Gasteiger partial charge is 0.364 e. The minimum Gasteiger partial charge on any atom is -0.364 e. The van der Waals surface area contributed by atoms with E-state index in [9.17, 15) is 4.79 Å². The minimum atomic E-state index is -0.347. The molecule has 104 valence electrons. The van der Waals surface area contributed by atoms with Crippen LogP contribution in [0.5, 0.6) is 0 Å². The standard InChI is InChI=1S/C13H25N3O2/c1-9(2)7-16(10-3-4-10)8-11-5-6-12(18-11)13(17)15-14/h9-12H,3-8,14H2,1-2H3,(H,15,17). The summed E-state index contributed by atoms with van der Waals surface area (Å²) in [5, 5.41) is 0. The fourth-order valence-electron chi connectivity index (χ4n) is 2.67. The Labute approximate surface area is 109 Å². The lowest BCUT2D eigenvalue weighted by Crippen LogP contribution is -2.41. The Bertz CT molecular complexity index is 292. The maximum atomic E-state index is 11.4. The van der Waals surface area contributed by atoms with Crippen LogP contribution in [0, 0.1) is 5.92 Å². The first-order valence-electron chi connectivity index (χ1n) is 7.00. The highest BCUT2D eigenvalue weighted by molar-refractivity contribution is 5.80. The summed E-state index contributed by atoms with van der Waals surface area (Å²) in [7, 11) is 0. The van der Waals surface area contributed by atoms with Crippen LogP contribution in [0.25, 0.3) is 0 Å². The zero-order valence-electron chi connectivity index (χ0n) is 11.4. The van der Waals surface area contributed by atoms with Crippen LogP contribution in [0.1, 0.15) is 39.5 Å². The van der Waals surface area contributed by atoms with E-state index >= 15 is 0 Å². The first-order valence-corrected chi connectivity index (χ1v) is 7.00. The van der Waals surface area contributed by atoms with Gasteiger partial charge in [-0.25, -0.2) is 5.84 Å². The molecule has 5 heteroatoms. The average Bonchev–Trinajstić information content (AvgIpc) is 3.08. The van der Waals surface area contributed by atoms with Crippen LogP contribution < -0.4 is 11.3 Å². The summed E-state index contributed by atoms with van der Waals surface area (Å²) in [6, 6.07) is 0.749. The first kappa shape index (κ1) is 13.8. The lowest BCUT2D eigenvalue weighted by molar-refractivity contribution is -0.132. The Morgan fingerprint density at radius 3 is 2.67 bits per heavy atom. The lowest BCUT2D eigenvalue weighted by Gasteiger charge is -2.27. The molecule has 0 aromatic carbocycles. The molecule has 5 nitrogen and oxygen atoms in total. The second-order valence-corrected chi connectivity index (χ2v) is 5.91. The number of rotatable bonds is 6. The molecule has 2 fully saturated rings. The number of nitrogens with zero attached hydrogens (tertiary/aromatic N) is 1. The van der Waals surface area contributed by atoms with Crippen molar-refractivity contribution in [2.45, 2.75) is 57.8 Å². The fourth-order valence-corrected chi connectivity index (χ4v) is 2.67. The maximum absolute atomic E-state index is 11.4. The van der Waals surface area contributed by atoms with Crippen LogP contribution in [0.4, 0.5) is 0 Å². The van der Waals surface area contributed by atoms with Crippen LogP contribution in [0.2, 0.25) is 0 Å². The molecule has 2 rings (SSSR count). The summed E-state index contributed by atoms with van der Waals surface area (Å²) in [6.45, 7) is 6.57. The number of hydrogen-bond acceptors (Lipinski definition) is 4. The molecule has 3 N–H and O–H groups in total. The van der Waals surface area contributed by atoms with Crippen molar-refractivity contribution in [3.05, 3.63) is 0 Å². The van der Waals surface area contributed by atoms with Gasteiger partial charge in [-0.1, -0.05) is 13.8 Å². The van der Waals surface area contributed by atoms with E-state index in [2.05, 4.69) is 24.2 Å². The van der Waals surface area contributed by atoms with Gasteiger partial charge in [0.15, 0.2) is 0 Å². The molecular weight excluding hydrogens is 230 g/mol. The molecule has 2 aliphatic rings. The van der Waals surface area contributed by atoms with Gasteiger partial charge in [-0.05, 0) is 31.6 Å². The average molecular weight is 255 g/mol. The van der Waals surface area contributed by atoms with Crippen molar-refractivity contribution in [2.75, 3.05) is 13.1 Å². The fraction of sp³-hybridized carbons (Fsp3) is 0.923. The summed E-state index contributed by atoms with van der Waals surface area (Å²) in [5.41, 5.74) is 2.17. The number of nitrogens with two attached hydrogens (primary N) is 1. The van der Waals surface area contributed by atoms with Gasteiger partial charge >= 0.3 is 0 Å². The zero-order chi connectivity index (χ0) is 13.1. The third kappa shape index (κ3) is 3.67. The van der Waals surface area contributed by atoms with E-state index in [0.717, 1.165) is 32.0 Å². The second kappa shape index (κ2) is 5.99. The van der Waals surface area contributed by atoms with Crippen LogP contribution >= 0.6 is 0 Å². The monoisotopic (exact) mass is 255 g/mol. The van der Waals surface area contributed by atoms with Gasteiger partial charge in [0.05, 0.1) is 6.10 Å². The van der Waals surface area contributed by atoms with Crippen molar-refractivity contribution in [1.29, 1.82) is 0 Å². The van der Waals surface area contributed by atoms with E-state index in [1.54, 1.807) is 0 Å². The third-order valence-electron chi connectivity index (χ3n) is 3.64. The summed E-state index contributed by atoms with van der Waals surface area (Å²) in [6.07, 6.45) is 4.21. The number of hydrazine groups is 1.